The Kier molecular flexibility index (Phi) is 3.34. The monoisotopic (exact) mass is 311 g/mol. The summed E-state index contributed by atoms with van der Waals surface area (Å²) in [6.45, 7) is 2.94. The molecule has 3 heterocycles. The lowest BCUT2D eigenvalue weighted by Gasteiger charge is -2.03. The molecule has 0 radical (unpaired) electrons. The Morgan fingerprint density at radius 2 is 1.95 bits per heavy atom. The molecule has 0 saturated carbocycles. The number of aryl methyl sites for hydroxylation is 2. The van der Waals surface area contributed by atoms with Gasteiger partial charge in [0.05, 0.1) is 6.54 Å². The summed E-state index contributed by atoms with van der Waals surface area (Å²) in [4.78, 5) is 18.9. The fourth-order valence-electron chi connectivity index (χ4n) is 3.42. The molecule has 1 aliphatic heterocycles. The van der Waals surface area contributed by atoms with E-state index in [9.17, 15) is 4.79 Å². The summed E-state index contributed by atoms with van der Waals surface area (Å²) < 4.78 is 1.97. The molecular weight excluding hydrogens is 292 g/mol. The molecule has 0 fully saturated rings. The molecule has 0 amide bonds. The van der Waals surface area contributed by atoms with Crippen LogP contribution in [0.3, 0.4) is 0 Å². The Labute approximate surface area is 133 Å². The van der Waals surface area contributed by atoms with Crippen molar-refractivity contribution in [3.05, 3.63) is 51.4 Å². The summed E-state index contributed by atoms with van der Waals surface area (Å²) in [6, 6.07) is 10.2. The van der Waals surface area contributed by atoms with Crippen LogP contribution >= 0.6 is 11.3 Å². The summed E-state index contributed by atoms with van der Waals surface area (Å²) in [5.41, 5.74) is 2.40. The molecule has 4 heteroatoms. The quantitative estimate of drug-likeness (QED) is 0.676. The van der Waals surface area contributed by atoms with Gasteiger partial charge < -0.3 is 0 Å². The Bertz CT molecular complexity index is 893. The minimum atomic E-state index is 0.175. The Hall–Kier alpha value is -1.94. The van der Waals surface area contributed by atoms with Crippen LogP contribution in [0, 0.1) is 6.92 Å². The molecule has 1 N–H and O–H groups in total. The van der Waals surface area contributed by atoms with Crippen molar-refractivity contribution in [2.24, 2.45) is 0 Å². The van der Waals surface area contributed by atoms with Gasteiger partial charge >= 0.3 is 5.56 Å². The third-order valence-corrected chi connectivity index (χ3v) is 5.51. The van der Waals surface area contributed by atoms with Crippen molar-refractivity contribution >= 4 is 21.6 Å². The van der Waals surface area contributed by atoms with Crippen LogP contribution in [0.25, 0.3) is 21.3 Å². The van der Waals surface area contributed by atoms with Crippen molar-refractivity contribution in [2.45, 2.75) is 39.2 Å². The van der Waals surface area contributed by atoms with E-state index in [-0.39, 0.29) is 5.56 Å². The maximum Gasteiger partial charge on any atom is 0.346 e. The third-order valence-electron chi connectivity index (χ3n) is 4.48. The summed E-state index contributed by atoms with van der Waals surface area (Å²) >= 11 is 1.70. The number of aromatic nitrogens is 2. The van der Waals surface area contributed by atoms with Gasteiger partial charge in [-0.1, -0.05) is 41.7 Å². The van der Waals surface area contributed by atoms with Crippen molar-refractivity contribution in [1.82, 2.24) is 4.57 Å². The van der Waals surface area contributed by atoms with Crippen LogP contribution < -0.4 is 10.5 Å². The molecule has 0 unspecified atom stereocenters. The van der Waals surface area contributed by atoms with E-state index in [2.05, 4.69) is 24.0 Å². The zero-order chi connectivity index (χ0) is 15.1. The van der Waals surface area contributed by atoms with Gasteiger partial charge in [0.1, 0.15) is 5.39 Å². The highest BCUT2D eigenvalue weighted by Gasteiger charge is 2.25. The number of nitrogens with one attached hydrogen (secondary N) is 1. The summed E-state index contributed by atoms with van der Waals surface area (Å²) in [5, 5.41) is 0.861. The molecule has 0 spiro atoms. The van der Waals surface area contributed by atoms with Crippen molar-refractivity contribution in [1.29, 1.82) is 0 Å². The van der Waals surface area contributed by atoms with Crippen LogP contribution in [-0.2, 0) is 13.0 Å². The van der Waals surface area contributed by atoms with Crippen molar-refractivity contribution in [3.63, 3.8) is 0 Å². The maximum absolute atomic E-state index is 13.1. The van der Waals surface area contributed by atoms with Crippen LogP contribution in [0.4, 0.5) is 0 Å². The second-order valence-corrected chi connectivity index (χ2v) is 7.17. The topological polar surface area (TPSA) is 36.1 Å². The van der Waals surface area contributed by atoms with Gasteiger partial charge in [-0.2, -0.15) is 4.57 Å². The first kappa shape index (κ1) is 13.7. The van der Waals surface area contributed by atoms with E-state index in [1.54, 1.807) is 11.3 Å². The van der Waals surface area contributed by atoms with Crippen molar-refractivity contribution in [2.75, 3.05) is 0 Å². The lowest BCUT2D eigenvalue weighted by Crippen LogP contribution is -2.31. The molecule has 2 aromatic heterocycles. The summed E-state index contributed by atoms with van der Waals surface area (Å²) in [5.74, 6) is 1.09. The number of fused-ring (bicyclic) bond motifs is 2. The average molecular weight is 311 g/mol. The van der Waals surface area contributed by atoms with Gasteiger partial charge in [-0.25, -0.2) is 9.78 Å². The predicted octanol–water partition coefficient (Wildman–Crippen LogP) is 3.58. The summed E-state index contributed by atoms with van der Waals surface area (Å²) in [6.07, 6.45) is 4.43. The summed E-state index contributed by atoms with van der Waals surface area (Å²) in [7, 11) is 0. The molecule has 1 aliphatic rings. The smallest absolute Gasteiger partial charge is 0.241 e. The van der Waals surface area contributed by atoms with E-state index in [0.717, 1.165) is 53.0 Å². The highest BCUT2D eigenvalue weighted by atomic mass is 32.1. The number of H-pyrrole nitrogens is 1. The van der Waals surface area contributed by atoms with Crippen LogP contribution in [0.1, 0.15) is 30.0 Å². The lowest BCUT2D eigenvalue weighted by atomic mass is 10.0. The van der Waals surface area contributed by atoms with Gasteiger partial charge in [-0.15, -0.1) is 0 Å². The second-order valence-electron chi connectivity index (χ2n) is 5.94. The number of hydrogen-bond donors (Lipinski definition) is 0. The van der Waals surface area contributed by atoms with Gasteiger partial charge in [-0.3, -0.25) is 0 Å². The first-order valence-electron chi connectivity index (χ1n) is 7.89. The largest absolute Gasteiger partial charge is 0.346 e. The minimum Gasteiger partial charge on any atom is -0.241 e. The van der Waals surface area contributed by atoms with Gasteiger partial charge in [0.15, 0.2) is 4.83 Å². The Morgan fingerprint density at radius 3 is 2.77 bits per heavy atom. The molecule has 3 aromatic rings. The number of rotatable bonds is 1. The van der Waals surface area contributed by atoms with E-state index in [1.165, 1.54) is 11.3 Å². The number of nitrogens with zero attached hydrogens (tertiary/aromatic N) is 1. The van der Waals surface area contributed by atoms with E-state index in [1.807, 2.05) is 22.8 Å². The van der Waals surface area contributed by atoms with Gasteiger partial charge in [0, 0.05) is 16.9 Å². The fraction of sp³-hybridized carbons (Fsp3) is 0.333. The number of thiophene rings is 1. The standard InChI is InChI=1S/C18H18N2OS/c1-12-15(13-8-4-2-5-9-13)16-17(22-12)19-14-10-6-3-7-11-20(14)18(16)21/h2,4-5,8-9H,3,6-7,10-11H2,1H3/p+1. The van der Waals surface area contributed by atoms with Crippen molar-refractivity contribution < 1.29 is 4.98 Å². The van der Waals surface area contributed by atoms with Crippen LogP contribution in [0.15, 0.2) is 35.1 Å². The zero-order valence-electron chi connectivity index (χ0n) is 12.7. The van der Waals surface area contributed by atoms with Crippen LogP contribution in [0.2, 0.25) is 0 Å². The molecule has 0 atom stereocenters. The van der Waals surface area contributed by atoms with Gasteiger partial charge in [0.25, 0.3) is 5.82 Å². The molecule has 4 rings (SSSR count). The maximum atomic E-state index is 13.1. The van der Waals surface area contributed by atoms with E-state index in [0.29, 0.717) is 0 Å². The first-order valence-corrected chi connectivity index (χ1v) is 8.71. The van der Waals surface area contributed by atoms with Crippen LogP contribution in [-0.4, -0.2) is 4.57 Å². The zero-order valence-corrected chi connectivity index (χ0v) is 13.5. The van der Waals surface area contributed by atoms with Gasteiger partial charge in [-0.05, 0) is 31.7 Å². The Balaban J connectivity index is 2.05. The highest BCUT2D eigenvalue weighted by molar-refractivity contribution is 7.18. The predicted molar refractivity (Wildman–Crippen MR) is 90.4 cm³/mol. The molecule has 0 aliphatic carbocycles. The average Bonchev–Trinajstić information content (AvgIpc) is 2.70. The van der Waals surface area contributed by atoms with E-state index >= 15 is 0 Å². The van der Waals surface area contributed by atoms with Crippen molar-refractivity contribution in [3.8, 4) is 11.1 Å². The molecule has 0 saturated heterocycles. The second kappa shape index (κ2) is 5.36. The lowest BCUT2D eigenvalue weighted by molar-refractivity contribution is -0.364. The van der Waals surface area contributed by atoms with E-state index < -0.39 is 0 Å². The SMILES string of the molecule is Cc1sc2[nH+]c3n(c(=O)c2c1-c1ccccc1)CCCCC3. The highest BCUT2D eigenvalue weighted by Crippen LogP contribution is 2.34. The number of benzene rings is 1. The van der Waals surface area contributed by atoms with Gasteiger partial charge in [0.2, 0.25) is 0 Å². The minimum absolute atomic E-state index is 0.175. The normalized spacial score (nSPS) is 14.8. The Morgan fingerprint density at radius 1 is 1.14 bits per heavy atom. The number of hydrogen-bond acceptors (Lipinski definition) is 2. The van der Waals surface area contributed by atoms with E-state index in [4.69, 9.17) is 0 Å². The fourth-order valence-corrected chi connectivity index (χ4v) is 4.51. The van der Waals surface area contributed by atoms with Crippen LogP contribution in [0.5, 0.6) is 0 Å². The first-order chi connectivity index (χ1) is 10.8. The molecule has 3 nitrogen and oxygen atoms in total. The molecule has 1 aromatic carbocycles. The molecular formula is C18H19N2OS+. The number of aromatic amines is 1. The third kappa shape index (κ3) is 2.10. The molecule has 0 bridgehead atoms. The molecule has 112 valence electrons. The molecule has 22 heavy (non-hydrogen) atoms.